The second-order valence-electron chi connectivity index (χ2n) is 5.82. The fourth-order valence-corrected chi connectivity index (χ4v) is 2.76. The van der Waals surface area contributed by atoms with E-state index in [0.29, 0.717) is 25.3 Å². The number of amides is 1. The Labute approximate surface area is 140 Å². The van der Waals surface area contributed by atoms with E-state index < -0.39 is 5.97 Å². The number of likely N-dealkylation sites (tertiary alicyclic amines) is 1. The summed E-state index contributed by atoms with van der Waals surface area (Å²) in [6, 6.07) is 14.5. The van der Waals surface area contributed by atoms with Crippen molar-refractivity contribution in [3.63, 3.8) is 0 Å². The van der Waals surface area contributed by atoms with E-state index in [9.17, 15) is 14.7 Å². The molecule has 1 aliphatic rings. The van der Waals surface area contributed by atoms with E-state index in [2.05, 4.69) is 0 Å². The van der Waals surface area contributed by atoms with Crippen LogP contribution in [0.15, 0.2) is 48.5 Å². The van der Waals surface area contributed by atoms with Gasteiger partial charge in [-0.15, -0.1) is 0 Å². The van der Waals surface area contributed by atoms with Crippen LogP contribution in [0.4, 0.5) is 0 Å². The molecule has 0 aliphatic carbocycles. The largest absolute Gasteiger partial charge is 0.489 e. The van der Waals surface area contributed by atoms with Crippen molar-refractivity contribution in [1.29, 1.82) is 0 Å². The highest BCUT2D eigenvalue weighted by Gasteiger charge is 2.22. The summed E-state index contributed by atoms with van der Waals surface area (Å²) in [5.74, 6) is -0.354. The first-order valence-corrected chi connectivity index (χ1v) is 7.94. The predicted molar refractivity (Wildman–Crippen MR) is 88.8 cm³/mol. The molecule has 0 atom stereocenters. The van der Waals surface area contributed by atoms with E-state index in [1.807, 2.05) is 30.3 Å². The summed E-state index contributed by atoms with van der Waals surface area (Å²) in [5, 5.41) is 9.19. The van der Waals surface area contributed by atoms with Crippen LogP contribution in [0.3, 0.4) is 0 Å². The Kier molecular flexibility index (Phi) is 4.79. The van der Waals surface area contributed by atoms with E-state index in [1.54, 1.807) is 17.0 Å². The summed E-state index contributed by atoms with van der Waals surface area (Å²) in [6.45, 7) is 1.53. The van der Waals surface area contributed by atoms with Crippen LogP contribution >= 0.6 is 0 Å². The predicted octanol–water partition coefficient (Wildman–Crippen LogP) is 3.09. The molecule has 5 heteroatoms. The molecule has 0 unspecified atom stereocenters. The van der Waals surface area contributed by atoms with Crippen molar-refractivity contribution >= 4 is 11.9 Å². The summed E-state index contributed by atoms with van der Waals surface area (Å²) < 4.78 is 5.86. The Balaban J connectivity index is 1.81. The average Bonchev–Trinajstić information content (AvgIpc) is 2.99. The fourth-order valence-electron chi connectivity index (χ4n) is 2.76. The summed E-state index contributed by atoms with van der Waals surface area (Å²) in [7, 11) is 0. The zero-order valence-corrected chi connectivity index (χ0v) is 13.3. The number of rotatable bonds is 6. The third-order valence-electron chi connectivity index (χ3n) is 4.08. The van der Waals surface area contributed by atoms with Gasteiger partial charge in [0.1, 0.15) is 12.4 Å². The lowest BCUT2D eigenvalue weighted by Gasteiger charge is -2.19. The first kappa shape index (κ1) is 16.1. The first-order valence-electron chi connectivity index (χ1n) is 7.94. The molecule has 5 nitrogen and oxygen atoms in total. The molecule has 0 spiro atoms. The molecule has 1 heterocycles. The second kappa shape index (κ2) is 7.17. The third-order valence-corrected chi connectivity index (χ3v) is 4.08. The molecule has 0 saturated carbocycles. The number of carbonyl (C=O) groups is 2. The smallest absolute Gasteiger partial charge is 0.335 e. The maximum Gasteiger partial charge on any atom is 0.335 e. The molecule has 1 N–H and O–H groups in total. The van der Waals surface area contributed by atoms with E-state index >= 15 is 0 Å². The second-order valence-corrected chi connectivity index (χ2v) is 5.82. The number of benzene rings is 2. The molecule has 1 amide bonds. The minimum Gasteiger partial charge on any atom is -0.489 e. The quantitative estimate of drug-likeness (QED) is 0.886. The standard InChI is InChI=1S/C19H19NO4/c21-18-7-4-10-20(18)12-16-9-8-15(19(22)23)11-17(16)24-13-14-5-2-1-3-6-14/h1-3,5-6,8-9,11H,4,7,10,12-13H2,(H,22,23). The Hall–Kier alpha value is -2.82. The number of carboxylic acid groups (broad SMARTS) is 1. The summed E-state index contributed by atoms with van der Waals surface area (Å²) in [6.07, 6.45) is 1.44. The number of carbonyl (C=O) groups excluding carboxylic acids is 1. The van der Waals surface area contributed by atoms with Crippen molar-refractivity contribution in [2.45, 2.75) is 26.0 Å². The molecular formula is C19H19NO4. The van der Waals surface area contributed by atoms with Crippen molar-refractivity contribution < 1.29 is 19.4 Å². The van der Waals surface area contributed by atoms with Crippen molar-refractivity contribution in [2.75, 3.05) is 6.54 Å². The number of carboxylic acids is 1. The van der Waals surface area contributed by atoms with Crippen LogP contribution in [0.25, 0.3) is 0 Å². The van der Waals surface area contributed by atoms with Gasteiger partial charge < -0.3 is 14.7 Å². The number of aromatic carboxylic acids is 1. The van der Waals surface area contributed by atoms with Crippen molar-refractivity contribution in [1.82, 2.24) is 4.90 Å². The highest BCUT2D eigenvalue weighted by atomic mass is 16.5. The molecule has 1 saturated heterocycles. The van der Waals surface area contributed by atoms with Crippen molar-refractivity contribution in [3.05, 3.63) is 65.2 Å². The van der Waals surface area contributed by atoms with Gasteiger partial charge in [-0.25, -0.2) is 4.79 Å². The van der Waals surface area contributed by atoms with Gasteiger partial charge in [0.05, 0.1) is 5.56 Å². The first-order chi connectivity index (χ1) is 11.6. The Morgan fingerprint density at radius 2 is 1.96 bits per heavy atom. The van der Waals surface area contributed by atoms with Gasteiger partial charge in [0, 0.05) is 25.1 Å². The van der Waals surface area contributed by atoms with Gasteiger partial charge in [-0.2, -0.15) is 0 Å². The molecule has 1 aliphatic heterocycles. The molecule has 0 bridgehead atoms. The minimum absolute atomic E-state index is 0.131. The molecule has 2 aromatic rings. The molecule has 0 radical (unpaired) electrons. The molecule has 1 fully saturated rings. The van der Waals surface area contributed by atoms with Crippen LogP contribution in [-0.2, 0) is 17.9 Å². The van der Waals surface area contributed by atoms with E-state index in [1.165, 1.54) is 6.07 Å². The summed E-state index contributed by atoms with van der Waals surface area (Å²) >= 11 is 0. The molecule has 2 aromatic carbocycles. The van der Waals surface area contributed by atoms with E-state index in [0.717, 1.165) is 24.1 Å². The summed E-state index contributed by atoms with van der Waals surface area (Å²) in [5.41, 5.74) is 2.00. The van der Waals surface area contributed by atoms with Gasteiger partial charge in [0.15, 0.2) is 0 Å². The Bertz CT molecular complexity index is 742. The zero-order chi connectivity index (χ0) is 16.9. The van der Waals surface area contributed by atoms with Gasteiger partial charge in [0.2, 0.25) is 5.91 Å². The minimum atomic E-state index is -0.997. The maximum absolute atomic E-state index is 11.8. The number of hydrogen-bond acceptors (Lipinski definition) is 3. The van der Waals surface area contributed by atoms with Gasteiger partial charge in [-0.05, 0) is 24.1 Å². The lowest BCUT2D eigenvalue weighted by molar-refractivity contribution is -0.128. The Morgan fingerprint density at radius 1 is 1.17 bits per heavy atom. The topological polar surface area (TPSA) is 66.8 Å². The third kappa shape index (κ3) is 3.74. The van der Waals surface area contributed by atoms with E-state index in [4.69, 9.17) is 4.74 Å². The molecule has 0 aromatic heterocycles. The number of hydrogen-bond donors (Lipinski definition) is 1. The monoisotopic (exact) mass is 325 g/mol. The van der Waals surface area contributed by atoms with Crippen molar-refractivity contribution in [3.8, 4) is 5.75 Å². The van der Waals surface area contributed by atoms with Gasteiger partial charge >= 0.3 is 5.97 Å². The molecule has 124 valence electrons. The maximum atomic E-state index is 11.8. The normalized spacial score (nSPS) is 14.0. The number of ether oxygens (including phenoxy) is 1. The molecule has 24 heavy (non-hydrogen) atoms. The van der Waals surface area contributed by atoms with Crippen LogP contribution in [0.1, 0.15) is 34.3 Å². The van der Waals surface area contributed by atoms with Gasteiger partial charge in [-0.1, -0.05) is 36.4 Å². The lowest BCUT2D eigenvalue weighted by Crippen LogP contribution is -2.24. The van der Waals surface area contributed by atoms with Crippen LogP contribution in [0.5, 0.6) is 5.75 Å². The van der Waals surface area contributed by atoms with Crippen LogP contribution in [0.2, 0.25) is 0 Å². The highest BCUT2D eigenvalue weighted by Crippen LogP contribution is 2.25. The van der Waals surface area contributed by atoms with Gasteiger partial charge in [-0.3, -0.25) is 4.79 Å². The zero-order valence-electron chi connectivity index (χ0n) is 13.3. The highest BCUT2D eigenvalue weighted by molar-refractivity contribution is 5.88. The fraction of sp³-hybridized carbons (Fsp3) is 0.263. The van der Waals surface area contributed by atoms with Crippen molar-refractivity contribution in [2.24, 2.45) is 0 Å². The molecule has 3 rings (SSSR count). The average molecular weight is 325 g/mol. The molecular weight excluding hydrogens is 306 g/mol. The summed E-state index contributed by atoms with van der Waals surface area (Å²) in [4.78, 5) is 24.8. The van der Waals surface area contributed by atoms with Crippen LogP contribution in [-0.4, -0.2) is 28.4 Å². The SMILES string of the molecule is O=C(O)c1ccc(CN2CCCC2=O)c(OCc2ccccc2)c1. The lowest BCUT2D eigenvalue weighted by atomic mass is 10.1. The van der Waals surface area contributed by atoms with Gasteiger partial charge in [0.25, 0.3) is 0 Å². The van der Waals surface area contributed by atoms with E-state index in [-0.39, 0.29) is 11.5 Å². The van der Waals surface area contributed by atoms with Crippen LogP contribution in [0, 0.1) is 0 Å². The Morgan fingerprint density at radius 3 is 2.62 bits per heavy atom. The van der Waals surface area contributed by atoms with Crippen LogP contribution < -0.4 is 4.74 Å². The number of nitrogens with zero attached hydrogens (tertiary/aromatic N) is 1.